The number of halogens is 2. The molecule has 1 amide bonds. The number of thioether (sulfide) groups is 1. The molecule has 5 rings (SSSR count). The zero-order chi connectivity index (χ0) is 27.2. The zero-order valence-corrected chi connectivity index (χ0v) is 22.3. The van der Waals surface area contributed by atoms with E-state index in [9.17, 15) is 9.18 Å². The van der Waals surface area contributed by atoms with Crippen LogP contribution in [0.2, 0.25) is 0 Å². The number of aliphatic imine (C=N–C) groups is 1. The third-order valence-corrected chi connectivity index (χ3v) is 8.95. The number of amidine groups is 1. The molecule has 3 aliphatic rings. The highest BCUT2D eigenvalue weighted by Gasteiger charge is 2.71. The number of amides is 1. The Labute approximate surface area is 225 Å². The largest absolute Gasteiger partial charge is 0.378 e. The molecular formula is C28H29F2N5O2S. The van der Waals surface area contributed by atoms with Gasteiger partial charge in [0.25, 0.3) is 0 Å². The third kappa shape index (κ3) is 4.58. The second-order valence-corrected chi connectivity index (χ2v) is 11.8. The van der Waals surface area contributed by atoms with E-state index in [4.69, 9.17) is 17.0 Å². The summed E-state index contributed by atoms with van der Waals surface area (Å²) in [5, 5.41) is 0.235. The summed E-state index contributed by atoms with van der Waals surface area (Å²) in [6, 6.07) is 7.23. The van der Waals surface area contributed by atoms with Gasteiger partial charge in [-0.3, -0.25) is 14.8 Å². The fraction of sp³-hybridized carbons (Fsp3) is 0.429. The molecule has 1 saturated carbocycles. The standard InChI is InChI=1S/C28H29F2N5O2S/c1-16(2)23-15-35(9-10-37-23)25(36)28-13-24(28)27(3,34-26(31)38-28)19-11-17(5-7-20(19)29)12-21(30)22-8-6-18(32-4)14-33-22/h5-8,11-12,14,16,23-24H,9-10,13,15H2,1-3H3,(H2,31,34)/b21-12-/t23-,24-,27+,28-/m0/s1. The smallest absolute Gasteiger partial charge is 0.239 e. The van der Waals surface area contributed by atoms with Crippen LogP contribution in [0.1, 0.15) is 44.0 Å². The first-order valence-corrected chi connectivity index (χ1v) is 13.4. The predicted molar refractivity (Wildman–Crippen MR) is 144 cm³/mol. The lowest BCUT2D eigenvalue weighted by Crippen LogP contribution is -2.53. The molecule has 38 heavy (non-hydrogen) atoms. The predicted octanol–water partition coefficient (Wildman–Crippen LogP) is 5.16. The first-order chi connectivity index (χ1) is 18.1. The summed E-state index contributed by atoms with van der Waals surface area (Å²) >= 11 is 1.26. The number of rotatable bonds is 5. The zero-order valence-electron chi connectivity index (χ0n) is 21.4. The van der Waals surface area contributed by atoms with Crippen LogP contribution in [0.4, 0.5) is 14.5 Å². The normalized spacial score (nSPS) is 28.9. The number of nitrogens with two attached hydrogens (primary N) is 1. The molecule has 1 aliphatic carbocycles. The Hall–Kier alpha value is -3.29. The maximum absolute atomic E-state index is 15.3. The van der Waals surface area contributed by atoms with Crippen molar-refractivity contribution < 1.29 is 18.3 Å². The van der Waals surface area contributed by atoms with Crippen molar-refractivity contribution in [2.45, 2.75) is 43.6 Å². The van der Waals surface area contributed by atoms with Gasteiger partial charge in [-0.15, -0.1) is 0 Å². The minimum absolute atomic E-state index is 0.0121. The molecule has 3 heterocycles. The van der Waals surface area contributed by atoms with Crippen molar-refractivity contribution in [3.63, 3.8) is 0 Å². The van der Waals surface area contributed by atoms with E-state index in [0.717, 1.165) is 0 Å². The summed E-state index contributed by atoms with van der Waals surface area (Å²) in [6.07, 6.45) is 3.05. The molecule has 0 spiro atoms. The molecule has 198 valence electrons. The van der Waals surface area contributed by atoms with Gasteiger partial charge in [-0.2, -0.15) is 0 Å². The Kier molecular flexibility index (Phi) is 6.78. The average molecular weight is 538 g/mol. The number of carbonyl (C=O) groups excluding carboxylic acids is 1. The first-order valence-electron chi connectivity index (χ1n) is 12.5. The van der Waals surface area contributed by atoms with Crippen molar-refractivity contribution in [1.29, 1.82) is 0 Å². The number of hydrogen-bond acceptors (Lipinski definition) is 6. The van der Waals surface area contributed by atoms with Crippen LogP contribution in [-0.2, 0) is 15.1 Å². The van der Waals surface area contributed by atoms with Crippen molar-refractivity contribution in [2.24, 2.45) is 22.6 Å². The van der Waals surface area contributed by atoms with Gasteiger partial charge in [-0.25, -0.2) is 13.6 Å². The highest BCUT2D eigenvalue weighted by molar-refractivity contribution is 8.15. The molecule has 2 N–H and O–H groups in total. The van der Waals surface area contributed by atoms with Crippen LogP contribution in [0.25, 0.3) is 16.7 Å². The molecule has 0 unspecified atom stereocenters. The second kappa shape index (κ2) is 9.79. The van der Waals surface area contributed by atoms with Gasteiger partial charge in [0.15, 0.2) is 5.17 Å². The minimum Gasteiger partial charge on any atom is -0.378 e. The summed E-state index contributed by atoms with van der Waals surface area (Å²) in [4.78, 5) is 27.5. The van der Waals surface area contributed by atoms with E-state index in [0.29, 0.717) is 37.4 Å². The van der Waals surface area contributed by atoms with Gasteiger partial charge in [0.1, 0.15) is 16.4 Å². The van der Waals surface area contributed by atoms with Crippen LogP contribution in [-0.4, -0.2) is 51.5 Å². The van der Waals surface area contributed by atoms with Gasteiger partial charge in [0, 0.05) is 30.8 Å². The SMILES string of the molecule is [C-]#[N+]c1ccc(/C(F)=C/c2ccc(F)c([C@@]3(C)N=C(N)S[C@@]4(C(=O)N5CCO[C@H](C(C)C)C5)C[C@H]43)c2)nc1. The molecule has 1 saturated heterocycles. The van der Waals surface area contributed by atoms with E-state index < -0.39 is 21.9 Å². The lowest BCUT2D eigenvalue weighted by atomic mass is 9.84. The summed E-state index contributed by atoms with van der Waals surface area (Å²) in [6.45, 7) is 14.4. The van der Waals surface area contributed by atoms with E-state index in [1.807, 2.05) is 4.90 Å². The maximum atomic E-state index is 15.3. The minimum atomic E-state index is -1.09. The number of hydrogen-bond donors (Lipinski definition) is 1. The van der Waals surface area contributed by atoms with Crippen molar-refractivity contribution >= 4 is 40.4 Å². The van der Waals surface area contributed by atoms with Crippen LogP contribution < -0.4 is 5.73 Å². The Bertz CT molecular complexity index is 1370. The molecular weight excluding hydrogens is 508 g/mol. The van der Waals surface area contributed by atoms with Gasteiger partial charge < -0.3 is 15.4 Å². The summed E-state index contributed by atoms with van der Waals surface area (Å²) < 4.78 is 35.3. The van der Waals surface area contributed by atoms with Crippen LogP contribution >= 0.6 is 11.8 Å². The van der Waals surface area contributed by atoms with E-state index in [1.165, 1.54) is 48.3 Å². The molecule has 1 aromatic heterocycles. The Balaban J connectivity index is 1.44. The maximum Gasteiger partial charge on any atom is 0.239 e. The number of benzene rings is 1. The van der Waals surface area contributed by atoms with Gasteiger partial charge in [-0.05, 0) is 49.1 Å². The second-order valence-electron chi connectivity index (χ2n) is 10.5. The Morgan fingerprint density at radius 3 is 2.84 bits per heavy atom. The fourth-order valence-electron chi connectivity index (χ4n) is 5.42. The van der Waals surface area contributed by atoms with Crippen molar-refractivity contribution in [3.8, 4) is 0 Å². The molecule has 0 bridgehead atoms. The molecule has 7 nitrogen and oxygen atoms in total. The number of aromatic nitrogens is 1. The molecule has 0 radical (unpaired) electrons. The molecule has 1 aromatic carbocycles. The number of fused-ring (bicyclic) bond motifs is 1. The van der Waals surface area contributed by atoms with Crippen LogP contribution in [0, 0.1) is 24.2 Å². The van der Waals surface area contributed by atoms with Crippen LogP contribution in [0.3, 0.4) is 0 Å². The molecule has 2 aromatic rings. The van der Waals surface area contributed by atoms with E-state index >= 15 is 4.39 Å². The topological polar surface area (TPSA) is 85.2 Å². The van der Waals surface area contributed by atoms with Gasteiger partial charge >= 0.3 is 0 Å². The lowest BCUT2D eigenvalue weighted by Gasteiger charge is -2.39. The highest BCUT2D eigenvalue weighted by atomic mass is 32.2. The average Bonchev–Trinajstić information content (AvgIpc) is 3.66. The van der Waals surface area contributed by atoms with Gasteiger partial charge in [0.2, 0.25) is 11.6 Å². The third-order valence-electron chi connectivity index (χ3n) is 7.65. The van der Waals surface area contributed by atoms with E-state index in [1.54, 1.807) is 13.0 Å². The number of nitrogens with zero attached hydrogens (tertiary/aromatic N) is 4. The lowest BCUT2D eigenvalue weighted by molar-refractivity contribution is -0.141. The van der Waals surface area contributed by atoms with E-state index in [-0.39, 0.29) is 40.3 Å². The monoisotopic (exact) mass is 537 g/mol. The van der Waals surface area contributed by atoms with Crippen LogP contribution in [0.15, 0.2) is 41.5 Å². The van der Waals surface area contributed by atoms with Gasteiger partial charge in [-0.1, -0.05) is 37.7 Å². The summed E-state index contributed by atoms with van der Waals surface area (Å²) in [7, 11) is 0. The fourth-order valence-corrected chi connectivity index (χ4v) is 6.87. The summed E-state index contributed by atoms with van der Waals surface area (Å²) in [5.41, 5.74) is 6.24. The van der Waals surface area contributed by atoms with E-state index in [2.05, 4.69) is 28.7 Å². The molecule has 4 atom stereocenters. The number of morpholine rings is 1. The highest BCUT2D eigenvalue weighted by Crippen LogP contribution is 2.66. The van der Waals surface area contributed by atoms with Crippen molar-refractivity contribution in [2.75, 3.05) is 19.7 Å². The molecule has 2 fully saturated rings. The van der Waals surface area contributed by atoms with Gasteiger partial charge in [0.05, 0.1) is 30.5 Å². The number of ether oxygens (including phenoxy) is 1. The van der Waals surface area contributed by atoms with Crippen LogP contribution in [0.5, 0.6) is 0 Å². The first kappa shape index (κ1) is 26.3. The molecule has 2 aliphatic heterocycles. The quantitative estimate of drug-likeness (QED) is 0.533. The number of carbonyl (C=O) groups is 1. The van der Waals surface area contributed by atoms with Crippen molar-refractivity contribution in [1.82, 2.24) is 9.88 Å². The number of pyridine rings is 1. The Morgan fingerprint density at radius 1 is 1.37 bits per heavy atom. The summed E-state index contributed by atoms with van der Waals surface area (Å²) in [5.74, 6) is -1.11. The van der Waals surface area contributed by atoms with Crippen molar-refractivity contribution in [3.05, 3.63) is 70.6 Å². The Morgan fingerprint density at radius 2 is 2.16 bits per heavy atom. The molecule has 10 heteroatoms.